The van der Waals surface area contributed by atoms with Crippen LogP contribution in [0.25, 0.3) is 0 Å². The molecular weight excluding hydrogens is 485 g/mol. The third-order valence-electron chi connectivity index (χ3n) is 6.05. The van der Waals surface area contributed by atoms with Crippen molar-refractivity contribution in [1.82, 2.24) is 0 Å². The number of esters is 1. The Hall–Kier alpha value is -1.68. The Bertz CT molecular complexity index is 1080. The monoisotopic (exact) mass is 502 g/mol. The molecule has 2 aromatic rings. The van der Waals surface area contributed by atoms with E-state index in [4.69, 9.17) is 11.6 Å². The number of methoxy groups -OCH3 is 1. The number of halogens is 4. The predicted octanol–water partition coefficient (Wildman–Crippen LogP) is 5.73. The molecule has 32 heavy (non-hydrogen) atoms. The molecule has 1 heterocycles. The minimum Gasteiger partial charge on any atom is -0.468 e. The summed E-state index contributed by atoms with van der Waals surface area (Å²) in [5.74, 6) is -2.23. The summed E-state index contributed by atoms with van der Waals surface area (Å²) in [5.41, 5.74) is -5.49. The van der Waals surface area contributed by atoms with Crippen LogP contribution < -0.4 is 0 Å². The largest absolute Gasteiger partial charge is 0.468 e. The smallest absolute Gasteiger partial charge is 0.443 e. The average molecular weight is 503 g/mol. The van der Waals surface area contributed by atoms with E-state index in [0.717, 1.165) is 7.11 Å². The van der Waals surface area contributed by atoms with Crippen LogP contribution in [0.1, 0.15) is 35.3 Å². The standard InChI is InChI=1S/C22H18ClF3O4S2/c1-30-19(29)21(32-22(24,25)26)10-9-20(18(21)28)16(27)14-7-2-3-8-15(14)31-17(20)12-5-4-6-13(23)11-12/h2-8,11,16-17,27H,9-10H2,1H3/t16-,17-,20+,21+/m0/s1. The summed E-state index contributed by atoms with van der Waals surface area (Å²) in [6, 6.07) is 13.6. The number of hydrogen-bond acceptors (Lipinski definition) is 6. The molecule has 4 nitrogen and oxygen atoms in total. The summed E-state index contributed by atoms with van der Waals surface area (Å²) in [6.45, 7) is 0. The summed E-state index contributed by atoms with van der Waals surface area (Å²) in [7, 11) is 0.953. The molecule has 2 aromatic carbocycles. The minimum absolute atomic E-state index is 0.121. The Balaban J connectivity index is 1.93. The molecule has 1 fully saturated rings. The molecule has 0 bridgehead atoms. The normalized spacial score (nSPS) is 29.8. The van der Waals surface area contributed by atoms with E-state index >= 15 is 0 Å². The number of hydrogen-bond donors (Lipinski definition) is 1. The van der Waals surface area contributed by atoms with E-state index in [1.54, 1.807) is 48.5 Å². The summed E-state index contributed by atoms with van der Waals surface area (Å²) in [4.78, 5) is 27.3. The highest BCUT2D eigenvalue weighted by Crippen LogP contribution is 2.68. The maximum absolute atomic E-state index is 13.9. The van der Waals surface area contributed by atoms with Gasteiger partial charge in [-0.1, -0.05) is 41.9 Å². The van der Waals surface area contributed by atoms with Gasteiger partial charge in [0.2, 0.25) is 0 Å². The van der Waals surface area contributed by atoms with Gasteiger partial charge in [0.1, 0.15) is 0 Å². The Morgan fingerprint density at radius 2 is 1.94 bits per heavy atom. The van der Waals surface area contributed by atoms with Crippen molar-refractivity contribution in [2.45, 2.75) is 39.3 Å². The maximum atomic E-state index is 13.9. The SMILES string of the molecule is COC(=O)[C@@]1(SC(F)(F)F)CC[C@@]2(C1=O)[C@@H](O)c1ccccc1S[C@H]2c1cccc(Cl)c1. The molecule has 1 aliphatic heterocycles. The van der Waals surface area contributed by atoms with Crippen molar-refractivity contribution in [1.29, 1.82) is 0 Å². The Morgan fingerprint density at radius 1 is 1.22 bits per heavy atom. The molecule has 0 amide bonds. The number of rotatable bonds is 3. The summed E-state index contributed by atoms with van der Waals surface area (Å²) < 4.78 is 42.7. The highest BCUT2D eigenvalue weighted by Gasteiger charge is 2.70. The van der Waals surface area contributed by atoms with Crippen LogP contribution in [-0.2, 0) is 14.3 Å². The Morgan fingerprint density at radius 3 is 2.59 bits per heavy atom. The maximum Gasteiger partial charge on any atom is 0.443 e. The molecular formula is C22H18ClF3O4S2. The van der Waals surface area contributed by atoms with E-state index in [-0.39, 0.29) is 6.42 Å². The second kappa shape index (κ2) is 8.27. The molecule has 0 unspecified atom stereocenters. The number of Topliss-reactive ketones (excluding diaryl/α,β-unsaturated/α-hetero) is 1. The lowest BCUT2D eigenvalue weighted by Crippen LogP contribution is -2.51. The predicted molar refractivity (Wildman–Crippen MR) is 117 cm³/mol. The zero-order chi connectivity index (χ0) is 23.3. The molecule has 1 aliphatic carbocycles. The van der Waals surface area contributed by atoms with E-state index in [2.05, 4.69) is 4.74 Å². The lowest BCUT2D eigenvalue weighted by molar-refractivity contribution is -0.150. The average Bonchev–Trinajstić information content (AvgIpc) is 3.03. The van der Waals surface area contributed by atoms with E-state index < -0.39 is 57.0 Å². The van der Waals surface area contributed by atoms with Crippen molar-refractivity contribution in [3.8, 4) is 0 Å². The first-order chi connectivity index (χ1) is 15.0. The van der Waals surface area contributed by atoms with Gasteiger partial charge in [-0.3, -0.25) is 9.59 Å². The number of benzene rings is 2. The van der Waals surface area contributed by atoms with Gasteiger partial charge in [-0.2, -0.15) is 13.2 Å². The molecule has 0 saturated heterocycles. The second-order valence-corrected chi connectivity index (χ2v) is 10.7. The van der Waals surface area contributed by atoms with Gasteiger partial charge in [0.25, 0.3) is 0 Å². The van der Waals surface area contributed by atoms with E-state index in [0.29, 0.717) is 21.0 Å². The first kappa shape index (κ1) is 23.5. The van der Waals surface area contributed by atoms with Crippen LogP contribution in [0.4, 0.5) is 13.2 Å². The van der Waals surface area contributed by atoms with Crippen LogP contribution in [0.5, 0.6) is 0 Å². The van der Waals surface area contributed by atoms with Crippen LogP contribution in [-0.4, -0.2) is 34.2 Å². The molecule has 170 valence electrons. The van der Waals surface area contributed by atoms with Crippen molar-refractivity contribution in [2.75, 3.05) is 7.11 Å². The zero-order valence-electron chi connectivity index (χ0n) is 16.7. The number of aliphatic hydroxyl groups is 1. The first-order valence-corrected chi connectivity index (χ1v) is 11.7. The van der Waals surface area contributed by atoms with Crippen molar-refractivity contribution < 1.29 is 32.6 Å². The number of alkyl halides is 3. The molecule has 1 spiro atoms. The highest BCUT2D eigenvalue weighted by molar-refractivity contribution is 8.03. The third kappa shape index (κ3) is 3.63. The zero-order valence-corrected chi connectivity index (χ0v) is 19.1. The fourth-order valence-corrected chi connectivity index (χ4v) is 7.52. The van der Waals surface area contributed by atoms with E-state index in [1.165, 1.54) is 11.8 Å². The number of ketones is 1. The van der Waals surface area contributed by atoms with Gasteiger partial charge in [0.15, 0.2) is 10.5 Å². The molecule has 1 saturated carbocycles. The number of carbonyl (C=O) groups excluding carboxylic acids is 2. The molecule has 4 rings (SSSR count). The Labute approximate surface area is 195 Å². The first-order valence-electron chi connectivity index (χ1n) is 9.64. The highest BCUT2D eigenvalue weighted by atomic mass is 35.5. The molecule has 2 aliphatic rings. The van der Waals surface area contributed by atoms with Crippen LogP contribution in [0.15, 0.2) is 53.4 Å². The van der Waals surface area contributed by atoms with E-state index in [9.17, 15) is 27.9 Å². The second-order valence-electron chi connectivity index (χ2n) is 7.73. The summed E-state index contributed by atoms with van der Waals surface area (Å²) >= 11 is 6.78. The summed E-state index contributed by atoms with van der Waals surface area (Å²) in [6.07, 6.45) is -1.93. The van der Waals surface area contributed by atoms with Gasteiger partial charge >= 0.3 is 11.5 Å². The van der Waals surface area contributed by atoms with Crippen molar-refractivity contribution in [2.24, 2.45) is 5.41 Å². The lowest BCUT2D eigenvalue weighted by atomic mass is 9.70. The van der Waals surface area contributed by atoms with Gasteiger partial charge in [0.05, 0.1) is 18.6 Å². The lowest BCUT2D eigenvalue weighted by Gasteiger charge is -2.45. The minimum atomic E-state index is -4.86. The fourth-order valence-electron chi connectivity index (χ4n) is 4.70. The van der Waals surface area contributed by atoms with Gasteiger partial charge < -0.3 is 9.84 Å². The van der Waals surface area contributed by atoms with Crippen LogP contribution in [0, 0.1) is 5.41 Å². The van der Waals surface area contributed by atoms with Crippen molar-refractivity contribution in [3.63, 3.8) is 0 Å². The van der Waals surface area contributed by atoms with Crippen molar-refractivity contribution >= 4 is 46.9 Å². The molecule has 0 aromatic heterocycles. The molecule has 1 N–H and O–H groups in total. The number of thioether (sulfide) groups is 2. The number of aliphatic hydroxyl groups excluding tert-OH is 1. The van der Waals surface area contributed by atoms with Gasteiger partial charge in [0, 0.05) is 15.2 Å². The number of fused-ring (bicyclic) bond motifs is 1. The van der Waals surface area contributed by atoms with Crippen molar-refractivity contribution in [3.05, 3.63) is 64.7 Å². The molecule has 4 atom stereocenters. The Kier molecular flexibility index (Phi) is 6.07. The number of carbonyl (C=O) groups is 2. The topological polar surface area (TPSA) is 63.6 Å². The van der Waals surface area contributed by atoms with Crippen LogP contribution in [0.3, 0.4) is 0 Å². The third-order valence-corrected chi connectivity index (χ3v) is 8.98. The van der Waals surface area contributed by atoms with Crippen LogP contribution in [0.2, 0.25) is 5.02 Å². The molecule has 10 heteroatoms. The van der Waals surface area contributed by atoms with Gasteiger partial charge in [-0.05, 0) is 53.9 Å². The quantitative estimate of drug-likeness (QED) is 0.427. The fraction of sp³-hybridized carbons (Fsp3) is 0.364. The van der Waals surface area contributed by atoms with Gasteiger partial charge in [-0.25, -0.2) is 0 Å². The van der Waals surface area contributed by atoms with Gasteiger partial charge in [-0.15, -0.1) is 11.8 Å². The van der Waals surface area contributed by atoms with Crippen LogP contribution >= 0.6 is 35.1 Å². The summed E-state index contributed by atoms with van der Waals surface area (Å²) in [5, 5.41) is 11.1. The van der Waals surface area contributed by atoms with E-state index in [1.807, 2.05) is 0 Å². The molecule has 0 radical (unpaired) electrons. The number of ether oxygens (including phenoxy) is 1.